The summed E-state index contributed by atoms with van der Waals surface area (Å²) >= 11 is 6.39. The van der Waals surface area contributed by atoms with E-state index in [0.717, 1.165) is 43.5 Å². The molecule has 1 atom stereocenters. The number of aromatic nitrogens is 2. The van der Waals surface area contributed by atoms with Crippen molar-refractivity contribution in [2.24, 2.45) is 12.5 Å². The number of carboxylic acid groups (broad SMARTS) is 1. The molecule has 1 aliphatic heterocycles. The van der Waals surface area contributed by atoms with E-state index in [-0.39, 0.29) is 0 Å². The minimum atomic E-state index is -0.698. The van der Waals surface area contributed by atoms with E-state index in [1.165, 1.54) is 0 Å². The minimum absolute atomic E-state index is 0.556. The Bertz CT molecular complexity index is 576. The van der Waals surface area contributed by atoms with Crippen molar-refractivity contribution in [3.8, 4) is 0 Å². The molecular formula is C17H28ClN3O3. The molecule has 24 heavy (non-hydrogen) atoms. The first kappa shape index (κ1) is 19.2. The van der Waals surface area contributed by atoms with E-state index in [4.69, 9.17) is 16.3 Å². The highest BCUT2D eigenvalue weighted by Gasteiger charge is 2.42. The fourth-order valence-electron chi connectivity index (χ4n) is 3.67. The van der Waals surface area contributed by atoms with E-state index in [1.807, 2.05) is 7.05 Å². The molecule has 1 aliphatic rings. The summed E-state index contributed by atoms with van der Waals surface area (Å²) in [5.74, 6) is -0.698. The van der Waals surface area contributed by atoms with Crippen LogP contribution in [0.2, 0.25) is 5.15 Å². The number of aryl methyl sites for hydroxylation is 2. The summed E-state index contributed by atoms with van der Waals surface area (Å²) in [5, 5.41) is 14.9. The van der Waals surface area contributed by atoms with Gasteiger partial charge in [-0.15, -0.1) is 0 Å². The first-order valence-corrected chi connectivity index (χ1v) is 8.96. The van der Waals surface area contributed by atoms with Crippen LogP contribution >= 0.6 is 11.6 Å². The standard InChI is InChI=1S/C17H28ClN3O3/c1-4-14-13(15(18)20(2)19-14)11-21-9-5-7-17(12-21,16(22)23)8-6-10-24-3/h4-12H2,1-3H3,(H,22,23)/t17-/m1/s1. The molecule has 1 saturated heterocycles. The monoisotopic (exact) mass is 357 g/mol. The predicted octanol–water partition coefficient (Wildman–Crippen LogP) is 2.73. The maximum Gasteiger partial charge on any atom is 0.310 e. The van der Waals surface area contributed by atoms with Gasteiger partial charge in [-0.1, -0.05) is 18.5 Å². The highest BCUT2D eigenvalue weighted by atomic mass is 35.5. The van der Waals surface area contributed by atoms with Gasteiger partial charge < -0.3 is 9.84 Å². The summed E-state index contributed by atoms with van der Waals surface area (Å²) < 4.78 is 6.79. The molecule has 1 aromatic heterocycles. The quantitative estimate of drug-likeness (QED) is 0.724. The van der Waals surface area contributed by atoms with Crippen LogP contribution < -0.4 is 0 Å². The molecule has 7 heteroatoms. The Morgan fingerprint density at radius 1 is 1.50 bits per heavy atom. The minimum Gasteiger partial charge on any atom is -0.481 e. The average Bonchev–Trinajstić information content (AvgIpc) is 2.83. The smallest absolute Gasteiger partial charge is 0.310 e. The van der Waals surface area contributed by atoms with E-state index >= 15 is 0 Å². The molecule has 6 nitrogen and oxygen atoms in total. The van der Waals surface area contributed by atoms with E-state index in [0.29, 0.717) is 31.3 Å². The van der Waals surface area contributed by atoms with Crippen LogP contribution in [-0.4, -0.2) is 52.6 Å². The first-order valence-electron chi connectivity index (χ1n) is 8.58. The third kappa shape index (κ3) is 4.10. The Labute approximate surface area is 148 Å². The Balaban J connectivity index is 2.13. The summed E-state index contributed by atoms with van der Waals surface area (Å²) in [6, 6.07) is 0. The number of ether oxygens (including phenoxy) is 1. The van der Waals surface area contributed by atoms with Gasteiger partial charge in [-0.3, -0.25) is 14.4 Å². The van der Waals surface area contributed by atoms with Crippen LogP contribution in [-0.2, 0) is 29.5 Å². The molecule has 2 heterocycles. The maximum absolute atomic E-state index is 12.0. The van der Waals surface area contributed by atoms with Gasteiger partial charge >= 0.3 is 5.97 Å². The number of rotatable bonds is 8. The molecule has 0 amide bonds. The van der Waals surface area contributed by atoms with Crippen molar-refractivity contribution in [3.63, 3.8) is 0 Å². The molecule has 0 saturated carbocycles. The summed E-state index contributed by atoms with van der Waals surface area (Å²) in [6.45, 7) is 4.78. The van der Waals surface area contributed by atoms with Crippen LogP contribution in [0.15, 0.2) is 0 Å². The van der Waals surface area contributed by atoms with Crippen molar-refractivity contribution >= 4 is 17.6 Å². The molecule has 0 spiro atoms. The number of likely N-dealkylation sites (tertiary alicyclic amines) is 1. The van der Waals surface area contributed by atoms with Crippen LogP contribution in [0.5, 0.6) is 0 Å². The zero-order chi connectivity index (χ0) is 17.7. The third-order valence-electron chi connectivity index (χ3n) is 4.98. The highest BCUT2D eigenvalue weighted by molar-refractivity contribution is 6.30. The molecule has 136 valence electrons. The molecular weight excluding hydrogens is 330 g/mol. The number of nitrogens with zero attached hydrogens (tertiary/aromatic N) is 3. The zero-order valence-electron chi connectivity index (χ0n) is 14.8. The topological polar surface area (TPSA) is 67.6 Å². The van der Waals surface area contributed by atoms with Gasteiger partial charge in [-0.2, -0.15) is 5.10 Å². The van der Waals surface area contributed by atoms with Crippen molar-refractivity contribution in [1.29, 1.82) is 0 Å². The molecule has 0 aromatic carbocycles. The number of carboxylic acids is 1. The van der Waals surface area contributed by atoms with E-state index < -0.39 is 11.4 Å². The van der Waals surface area contributed by atoms with Gasteiger partial charge in [0, 0.05) is 39.4 Å². The van der Waals surface area contributed by atoms with E-state index in [9.17, 15) is 9.90 Å². The molecule has 0 unspecified atom stereocenters. The molecule has 1 aromatic rings. The normalized spacial score (nSPS) is 22.0. The highest BCUT2D eigenvalue weighted by Crippen LogP contribution is 2.36. The number of hydrogen-bond acceptors (Lipinski definition) is 4. The van der Waals surface area contributed by atoms with Crippen molar-refractivity contribution in [2.75, 3.05) is 26.8 Å². The number of piperidine rings is 1. The summed E-state index contributed by atoms with van der Waals surface area (Å²) in [5.41, 5.74) is 1.34. The second-order valence-corrected chi connectivity index (χ2v) is 7.05. The number of methoxy groups -OCH3 is 1. The Morgan fingerprint density at radius 3 is 2.88 bits per heavy atom. The fourth-order valence-corrected chi connectivity index (χ4v) is 3.87. The van der Waals surface area contributed by atoms with Crippen molar-refractivity contribution in [2.45, 2.75) is 45.6 Å². The summed E-state index contributed by atoms with van der Waals surface area (Å²) in [6.07, 6.45) is 3.85. The molecule has 0 bridgehead atoms. The van der Waals surface area contributed by atoms with Crippen molar-refractivity contribution < 1.29 is 14.6 Å². The first-order chi connectivity index (χ1) is 11.4. The van der Waals surface area contributed by atoms with Crippen LogP contribution in [0.1, 0.15) is 43.9 Å². The molecule has 0 aliphatic carbocycles. The third-order valence-corrected chi connectivity index (χ3v) is 5.45. The summed E-state index contributed by atoms with van der Waals surface area (Å²) in [4.78, 5) is 14.2. The predicted molar refractivity (Wildman–Crippen MR) is 93.3 cm³/mol. The number of hydrogen-bond donors (Lipinski definition) is 1. The zero-order valence-corrected chi connectivity index (χ0v) is 15.6. The maximum atomic E-state index is 12.0. The van der Waals surface area contributed by atoms with Crippen LogP contribution in [0.3, 0.4) is 0 Å². The second kappa shape index (κ2) is 8.32. The Morgan fingerprint density at radius 2 is 2.25 bits per heavy atom. The molecule has 2 rings (SSSR count). The van der Waals surface area contributed by atoms with Crippen LogP contribution in [0, 0.1) is 5.41 Å². The van der Waals surface area contributed by atoms with Gasteiger partial charge in [0.25, 0.3) is 0 Å². The van der Waals surface area contributed by atoms with Gasteiger partial charge in [-0.25, -0.2) is 0 Å². The lowest BCUT2D eigenvalue weighted by molar-refractivity contribution is -0.153. The lowest BCUT2D eigenvalue weighted by Gasteiger charge is -2.40. The lowest BCUT2D eigenvalue weighted by atomic mass is 9.76. The second-order valence-electron chi connectivity index (χ2n) is 6.69. The molecule has 1 N–H and O–H groups in total. The SMILES string of the molecule is CCc1nn(C)c(Cl)c1CN1CCC[C@](CCCOC)(C(=O)O)C1. The van der Waals surface area contributed by atoms with E-state index in [2.05, 4.69) is 16.9 Å². The van der Waals surface area contributed by atoms with Crippen molar-refractivity contribution in [1.82, 2.24) is 14.7 Å². The molecule has 0 radical (unpaired) electrons. The molecule has 1 fully saturated rings. The van der Waals surface area contributed by atoms with E-state index in [1.54, 1.807) is 11.8 Å². The van der Waals surface area contributed by atoms with Gasteiger partial charge in [0.05, 0.1) is 11.1 Å². The number of aliphatic carboxylic acids is 1. The van der Waals surface area contributed by atoms with Crippen LogP contribution in [0.4, 0.5) is 0 Å². The Hall–Kier alpha value is -1.11. The number of carbonyl (C=O) groups is 1. The summed E-state index contributed by atoms with van der Waals surface area (Å²) in [7, 11) is 3.49. The Kier molecular flexibility index (Phi) is 6.66. The lowest BCUT2D eigenvalue weighted by Crippen LogP contribution is -2.47. The fraction of sp³-hybridized carbons (Fsp3) is 0.765. The van der Waals surface area contributed by atoms with Gasteiger partial charge in [-0.05, 0) is 38.6 Å². The van der Waals surface area contributed by atoms with Gasteiger partial charge in [0.1, 0.15) is 5.15 Å². The largest absolute Gasteiger partial charge is 0.481 e. The van der Waals surface area contributed by atoms with Crippen LogP contribution in [0.25, 0.3) is 0 Å². The van der Waals surface area contributed by atoms with Crippen molar-refractivity contribution in [3.05, 3.63) is 16.4 Å². The average molecular weight is 358 g/mol. The number of halogens is 1. The van der Waals surface area contributed by atoms with Gasteiger partial charge in [0.2, 0.25) is 0 Å². The van der Waals surface area contributed by atoms with Gasteiger partial charge in [0.15, 0.2) is 0 Å².